The third-order valence-electron chi connectivity index (χ3n) is 6.85. The van der Waals surface area contributed by atoms with Crippen molar-refractivity contribution in [2.24, 2.45) is 0 Å². The largest absolute Gasteiger partial charge is 0.356 e. The zero-order valence-corrected chi connectivity index (χ0v) is 20.1. The molecule has 1 aromatic heterocycles. The molecule has 0 spiro atoms. The van der Waals surface area contributed by atoms with E-state index in [1.54, 1.807) is 0 Å². The van der Waals surface area contributed by atoms with Crippen molar-refractivity contribution in [3.05, 3.63) is 97.1 Å². The Kier molecular flexibility index (Phi) is 5.80. The van der Waals surface area contributed by atoms with E-state index in [-0.39, 0.29) is 16.4 Å². The zero-order valence-electron chi connectivity index (χ0n) is 20.1. The molecule has 6 aromatic rings. The van der Waals surface area contributed by atoms with Crippen molar-refractivity contribution in [3.63, 3.8) is 0 Å². The maximum Gasteiger partial charge on any atom is 0.113 e. The molecule has 0 aliphatic carbocycles. The number of aromatic nitrogens is 1. The van der Waals surface area contributed by atoms with E-state index in [9.17, 15) is 0 Å². The Morgan fingerprint density at radius 3 is 1.76 bits per heavy atom. The highest BCUT2D eigenvalue weighted by Crippen LogP contribution is 2.34. The number of hydrogen-bond acceptors (Lipinski definition) is 1. The molecule has 0 fully saturated rings. The maximum atomic E-state index is 6.23. The third kappa shape index (κ3) is 3.90. The fourth-order valence-corrected chi connectivity index (χ4v) is 4.95. The van der Waals surface area contributed by atoms with Gasteiger partial charge in [-0.25, -0.2) is 0 Å². The first-order valence-corrected chi connectivity index (χ1v) is 11.9. The normalized spacial score (nSPS) is 11.2. The summed E-state index contributed by atoms with van der Waals surface area (Å²) in [5.74, 6) is 0. The standard InChI is InChI=1S/C30H17B5N2/c31-26-25(27(32)29(34)30(35)28(26)33)17-10-12-18(13-11-17)36-19-14-15-24-22(16-19)21-8-4-5-9-23(21)37(24)20-6-2-1-3-7-20/h1-16,36H. The van der Waals surface area contributed by atoms with Gasteiger partial charge in [-0.15, -0.1) is 16.4 Å². The van der Waals surface area contributed by atoms with Crippen molar-refractivity contribution in [2.75, 3.05) is 5.32 Å². The minimum absolute atomic E-state index is 0.209. The number of hydrogen-bond donors (Lipinski definition) is 1. The number of nitrogens with one attached hydrogen (secondary N) is 1. The zero-order chi connectivity index (χ0) is 25.7. The van der Waals surface area contributed by atoms with Gasteiger partial charge in [-0.3, -0.25) is 0 Å². The topological polar surface area (TPSA) is 17.0 Å². The first-order valence-electron chi connectivity index (χ1n) is 11.9. The van der Waals surface area contributed by atoms with E-state index < -0.39 is 0 Å². The average molecular weight is 460 g/mol. The number of rotatable bonds is 4. The molecule has 1 heterocycles. The van der Waals surface area contributed by atoms with Crippen LogP contribution in [0.1, 0.15) is 0 Å². The predicted molar refractivity (Wildman–Crippen MR) is 163 cm³/mol. The Labute approximate surface area is 223 Å². The fraction of sp³-hybridized carbons (Fsp3) is 0. The average Bonchev–Trinajstić information content (AvgIpc) is 3.26. The van der Waals surface area contributed by atoms with E-state index in [0.717, 1.165) is 28.1 Å². The van der Waals surface area contributed by atoms with Crippen LogP contribution in [0.25, 0.3) is 38.6 Å². The van der Waals surface area contributed by atoms with Crippen LogP contribution in [0.3, 0.4) is 0 Å². The van der Waals surface area contributed by atoms with Crippen LogP contribution in [0.5, 0.6) is 0 Å². The van der Waals surface area contributed by atoms with Gasteiger partial charge in [0, 0.05) is 27.8 Å². The fourth-order valence-electron chi connectivity index (χ4n) is 4.95. The first kappa shape index (κ1) is 23.4. The molecule has 0 amide bonds. The molecule has 7 heteroatoms. The van der Waals surface area contributed by atoms with Crippen LogP contribution in [0.15, 0.2) is 97.1 Å². The monoisotopic (exact) mass is 460 g/mol. The molecule has 2 nitrogen and oxygen atoms in total. The lowest BCUT2D eigenvalue weighted by molar-refractivity contribution is 1.18. The smallest absolute Gasteiger partial charge is 0.113 e. The second-order valence-corrected chi connectivity index (χ2v) is 9.07. The number of benzene rings is 5. The molecule has 5 aromatic carbocycles. The third-order valence-corrected chi connectivity index (χ3v) is 6.85. The van der Waals surface area contributed by atoms with Crippen molar-refractivity contribution in [2.45, 2.75) is 0 Å². The molecule has 37 heavy (non-hydrogen) atoms. The Morgan fingerprint density at radius 2 is 1.05 bits per heavy atom. The van der Waals surface area contributed by atoms with Gasteiger partial charge >= 0.3 is 0 Å². The van der Waals surface area contributed by atoms with Gasteiger partial charge in [0.05, 0.1) is 11.0 Å². The Balaban J connectivity index is 1.38. The van der Waals surface area contributed by atoms with Gasteiger partial charge in [0.15, 0.2) is 0 Å². The van der Waals surface area contributed by atoms with Crippen molar-refractivity contribution < 1.29 is 0 Å². The molecule has 10 radical (unpaired) electrons. The summed E-state index contributed by atoms with van der Waals surface area (Å²) in [6, 6.07) is 33.1. The Bertz CT molecular complexity index is 1760. The minimum atomic E-state index is 0.209. The molecule has 0 bridgehead atoms. The van der Waals surface area contributed by atoms with Crippen LogP contribution in [0.4, 0.5) is 11.4 Å². The van der Waals surface area contributed by atoms with Crippen molar-refractivity contribution in [1.29, 1.82) is 0 Å². The van der Waals surface area contributed by atoms with Crippen LogP contribution < -0.4 is 32.6 Å². The summed E-state index contributed by atoms with van der Waals surface area (Å²) in [5.41, 5.74) is 8.09. The van der Waals surface area contributed by atoms with Crippen LogP contribution in [0, 0.1) is 0 Å². The maximum absolute atomic E-state index is 6.23. The quantitative estimate of drug-likeness (QED) is 0.400. The molecule has 162 valence electrons. The molecule has 0 saturated heterocycles. The summed E-state index contributed by atoms with van der Waals surface area (Å²) in [6.07, 6.45) is 0. The van der Waals surface area contributed by atoms with Crippen LogP contribution in [-0.2, 0) is 0 Å². The highest BCUT2D eigenvalue weighted by atomic mass is 15.0. The van der Waals surface area contributed by atoms with E-state index in [0.29, 0.717) is 16.5 Å². The van der Waals surface area contributed by atoms with Crippen molar-refractivity contribution in [3.8, 4) is 16.8 Å². The van der Waals surface area contributed by atoms with Gasteiger partial charge in [0.1, 0.15) is 39.2 Å². The second kappa shape index (κ2) is 9.16. The lowest BCUT2D eigenvalue weighted by Crippen LogP contribution is -2.55. The molecule has 0 atom stereocenters. The number of nitrogens with zero attached hydrogens (tertiary/aromatic N) is 1. The van der Waals surface area contributed by atoms with E-state index in [2.05, 4.69) is 76.6 Å². The van der Waals surface area contributed by atoms with Crippen LogP contribution in [0.2, 0.25) is 0 Å². The number of fused-ring (bicyclic) bond motifs is 3. The SMILES string of the molecule is [B]c1c([B])c([B])c(-c2ccc(Nc3ccc4c(c3)c3ccccc3n4-c3ccccc3)cc2)c([B])c1[B]. The number of para-hydroxylation sites is 2. The minimum Gasteiger partial charge on any atom is -0.356 e. The summed E-state index contributed by atoms with van der Waals surface area (Å²) < 4.78 is 2.29. The molecular formula is C30H17B5N2. The van der Waals surface area contributed by atoms with E-state index in [1.807, 2.05) is 30.3 Å². The van der Waals surface area contributed by atoms with E-state index in [1.165, 1.54) is 16.3 Å². The molecule has 0 unspecified atom stereocenters. The molecular weight excluding hydrogens is 442 g/mol. The summed E-state index contributed by atoms with van der Waals surface area (Å²) in [6.45, 7) is 0. The second-order valence-electron chi connectivity index (χ2n) is 9.07. The first-order chi connectivity index (χ1) is 17.9. The van der Waals surface area contributed by atoms with Gasteiger partial charge < -0.3 is 9.88 Å². The van der Waals surface area contributed by atoms with Crippen LogP contribution in [-0.4, -0.2) is 43.8 Å². The lowest BCUT2D eigenvalue weighted by atomic mass is 9.60. The summed E-state index contributed by atoms with van der Waals surface area (Å²) in [4.78, 5) is 0. The summed E-state index contributed by atoms with van der Waals surface area (Å²) >= 11 is 0. The summed E-state index contributed by atoms with van der Waals surface area (Å²) in [5, 5.41) is 5.88. The van der Waals surface area contributed by atoms with Gasteiger partial charge in [-0.05, 0) is 59.7 Å². The Morgan fingerprint density at radius 1 is 0.486 bits per heavy atom. The van der Waals surface area contributed by atoms with Crippen molar-refractivity contribution in [1.82, 2.24) is 4.57 Å². The van der Waals surface area contributed by atoms with Crippen molar-refractivity contribution >= 4 is 99.7 Å². The highest BCUT2D eigenvalue weighted by Gasteiger charge is 2.14. The van der Waals surface area contributed by atoms with Gasteiger partial charge in [0.2, 0.25) is 0 Å². The van der Waals surface area contributed by atoms with E-state index in [4.69, 9.17) is 39.2 Å². The lowest BCUT2D eigenvalue weighted by Gasteiger charge is -2.21. The molecule has 0 aliphatic rings. The molecule has 1 N–H and O–H groups in total. The van der Waals surface area contributed by atoms with Gasteiger partial charge in [-0.1, -0.05) is 59.5 Å². The molecule has 0 aliphatic heterocycles. The van der Waals surface area contributed by atoms with E-state index >= 15 is 0 Å². The number of anilines is 2. The molecule has 0 saturated carbocycles. The van der Waals surface area contributed by atoms with Crippen LogP contribution >= 0.6 is 0 Å². The Hall–Kier alpha value is -3.98. The predicted octanol–water partition coefficient (Wildman–Crippen LogP) is 2.16. The van der Waals surface area contributed by atoms with Gasteiger partial charge in [-0.2, -0.15) is 0 Å². The van der Waals surface area contributed by atoms with Gasteiger partial charge in [0.25, 0.3) is 0 Å². The summed E-state index contributed by atoms with van der Waals surface area (Å²) in [7, 11) is 30.5. The highest BCUT2D eigenvalue weighted by molar-refractivity contribution is 6.68. The molecule has 6 rings (SSSR count).